The summed E-state index contributed by atoms with van der Waals surface area (Å²) in [5.41, 5.74) is -6.27. The first-order valence-corrected chi connectivity index (χ1v) is 12.7. The Hall–Kier alpha value is -3.31. The summed E-state index contributed by atoms with van der Waals surface area (Å²) in [6.45, 7) is 7.89. The predicted molar refractivity (Wildman–Crippen MR) is 135 cm³/mol. The van der Waals surface area contributed by atoms with Crippen LogP contribution in [-0.4, -0.2) is 30.0 Å². The normalized spacial score (nSPS) is 16.2. The number of halogens is 7. The summed E-state index contributed by atoms with van der Waals surface area (Å²) in [6.07, 6.45) is -11.1. The van der Waals surface area contributed by atoms with E-state index in [0.29, 0.717) is 25.0 Å². The molecule has 0 spiro atoms. The number of amides is 2. The SMILES string of the molecule is CCc1cc(C(F)(C(F)(F)F)C(F)(F)F)cc(C)c1NC(=O)c1ccc2c(c1)CCCC2NC(=O)OC(C)(C)C. The number of fused-ring (bicyclic) bond motifs is 1. The van der Waals surface area contributed by atoms with E-state index < -0.39 is 41.2 Å². The van der Waals surface area contributed by atoms with Crippen LogP contribution < -0.4 is 10.6 Å². The molecule has 0 aliphatic heterocycles. The van der Waals surface area contributed by atoms with E-state index in [4.69, 9.17) is 4.74 Å². The quantitative estimate of drug-likeness (QED) is 0.355. The summed E-state index contributed by atoms with van der Waals surface area (Å²) in [7, 11) is 0. The molecule has 3 rings (SSSR count). The van der Waals surface area contributed by atoms with Crippen LogP contribution in [-0.2, 0) is 23.2 Å². The van der Waals surface area contributed by atoms with Crippen molar-refractivity contribution in [1.29, 1.82) is 0 Å². The third kappa shape index (κ3) is 6.36. The Kier molecular flexibility index (Phi) is 8.53. The lowest BCUT2D eigenvalue weighted by atomic mass is 9.86. The van der Waals surface area contributed by atoms with Crippen molar-refractivity contribution < 1.29 is 45.1 Å². The molecule has 0 saturated carbocycles. The molecule has 0 saturated heterocycles. The summed E-state index contributed by atoms with van der Waals surface area (Å²) in [5, 5.41) is 5.39. The highest BCUT2D eigenvalue weighted by atomic mass is 19.4. The Morgan fingerprint density at radius 1 is 0.975 bits per heavy atom. The van der Waals surface area contributed by atoms with Crippen molar-refractivity contribution in [3.05, 3.63) is 63.7 Å². The molecule has 2 N–H and O–H groups in total. The minimum atomic E-state index is -6.24. The molecule has 0 aromatic heterocycles. The topological polar surface area (TPSA) is 67.4 Å². The van der Waals surface area contributed by atoms with Crippen LogP contribution >= 0.6 is 0 Å². The van der Waals surface area contributed by atoms with E-state index in [1.54, 1.807) is 32.9 Å². The highest BCUT2D eigenvalue weighted by molar-refractivity contribution is 6.05. The number of hydrogen-bond acceptors (Lipinski definition) is 3. The van der Waals surface area contributed by atoms with Crippen LogP contribution in [0.25, 0.3) is 0 Å². The minimum absolute atomic E-state index is 0.00476. The van der Waals surface area contributed by atoms with E-state index in [0.717, 1.165) is 17.5 Å². The minimum Gasteiger partial charge on any atom is -0.444 e. The fraction of sp³-hybridized carbons (Fsp3) is 0.500. The van der Waals surface area contributed by atoms with E-state index in [9.17, 15) is 40.3 Å². The third-order valence-corrected chi connectivity index (χ3v) is 6.63. The molecule has 12 heteroatoms. The fourth-order valence-electron chi connectivity index (χ4n) is 4.75. The molecule has 2 aromatic rings. The van der Waals surface area contributed by atoms with Crippen molar-refractivity contribution >= 4 is 17.7 Å². The molecule has 0 bridgehead atoms. The Morgan fingerprint density at radius 2 is 1.60 bits per heavy atom. The first-order chi connectivity index (χ1) is 18.3. The predicted octanol–water partition coefficient (Wildman–Crippen LogP) is 8.00. The maximum absolute atomic E-state index is 14.7. The molecule has 5 nitrogen and oxygen atoms in total. The van der Waals surface area contributed by atoms with Crippen LogP contribution in [0.4, 0.5) is 41.2 Å². The molecule has 220 valence electrons. The lowest BCUT2D eigenvalue weighted by Gasteiger charge is -2.31. The molecule has 1 atom stereocenters. The number of aryl methyl sites for hydroxylation is 3. The second-order valence-corrected chi connectivity index (χ2v) is 10.8. The van der Waals surface area contributed by atoms with Gasteiger partial charge in [0.05, 0.1) is 6.04 Å². The van der Waals surface area contributed by atoms with E-state index in [1.165, 1.54) is 19.9 Å². The zero-order valence-electron chi connectivity index (χ0n) is 22.7. The Balaban J connectivity index is 1.89. The van der Waals surface area contributed by atoms with Crippen LogP contribution in [0.2, 0.25) is 0 Å². The smallest absolute Gasteiger partial charge is 0.435 e. The van der Waals surface area contributed by atoms with Crippen LogP contribution in [0, 0.1) is 6.92 Å². The van der Waals surface area contributed by atoms with Crippen molar-refractivity contribution in [3.63, 3.8) is 0 Å². The molecule has 2 amide bonds. The summed E-state index contributed by atoms with van der Waals surface area (Å²) in [5.74, 6) is -0.645. The number of hydrogen-bond donors (Lipinski definition) is 2. The fourth-order valence-corrected chi connectivity index (χ4v) is 4.75. The van der Waals surface area contributed by atoms with Gasteiger partial charge in [0.1, 0.15) is 5.60 Å². The molecule has 0 radical (unpaired) electrons. The van der Waals surface area contributed by atoms with Gasteiger partial charge in [-0.1, -0.05) is 19.1 Å². The second-order valence-electron chi connectivity index (χ2n) is 10.8. The molecule has 1 aliphatic carbocycles. The van der Waals surface area contributed by atoms with Gasteiger partial charge in [0.25, 0.3) is 5.91 Å². The van der Waals surface area contributed by atoms with Crippen molar-refractivity contribution in [1.82, 2.24) is 5.32 Å². The van der Waals surface area contributed by atoms with Crippen molar-refractivity contribution in [2.24, 2.45) is 0 Å². The summed E-state index contributed by atoms with van der Waals surface area (Å²) >= 11 is 0. The lowest BCUT2D eigenvalue weighted by Crippen LogP contribution is -2.50. The number of benzene rings is 2. The van der Waals surface area contributed by atoms with Gasteiger partial charge in [-0.2, -0.15) is 26.3 Å². The summed E-state index contributed by atoms with van der Waals surface area (Å²) in [6, 6.07) is 5.44. The number of ether oxygens (including phenoxy) is 1. The monoisotopic (exact) mass is 576 g/mol. The molecular formula is C28H31F7N2O3. The van der Waals surface area contributed by atoms with Crippen LogP contribution in [0.3, 0.4) is 0 Å². The molecule has 40 heavy (non-hydrogen) atoms. The number of nitrogens with one attached hydrogen (secondary N) is 2. The Labute approximate surface area is 227 Å². The van der Waals surface area contributed by atoms with E-state index in [1.807, 2.05) is 0 Å². The number of rotatable bonds is 5. The van der Waals surface area contributed by atoms with Crippen molar-refractivity contribution in [3.8, 4) is 0 Å². The summed E-state index contributed by atoms with van der Waals surface area (Å²) in [4.78, 5) is 25.4. The van der Waals surface area contributed by atoms with Crippen LogP contribution in [0.15, 0.2) is 30.3 Å². The molecule has 1 aliphatic rings. The standard InChI is InChI=1S/C28H31F7N2O3/c1-6-16-14-19(26(29,27(30,31)32)28(33,34)35)12-15(2)22(16)37-23(38)18-10-11-20-17(13-18)8-7-9-21(20)36-24(39)40-25(3,4)5/h10-14,21H,6-9H2,1-5H3,(H,36,39)(H,37,38). The van der Waals surface area contributed by atoms with Gasteiger partial charge in [-0.3, -0.25) is 4.79 Å². The molecule has 0 heterocycles. The average Bonchev–Trinajstić information content (AvgIpc) is 2.81. The first kappa shape index (κ1) is 31.2. The number of alkyl halides is 7. The summed E-state index contributed by atoms with van der Waals surface area (Å²) < 4.78 is 99.8. The Bertz CT molecular complexity index is 1270. The van der Waals surface area contributed by atoms with E-state index in [-0.39, 0.29) is 34.8 Å². The van der Waals surface area contributed by atoms with Crippen molar-refractivity contribution in [2.75, 3.05) is 5.32 Å². The zero-order chi connectivity index (χ0) is 30.3. The second kappa shape index (κ2) is 10.9. The maximum atomic E-state index is 14.7. The Morgan fingerprint density at radius 3 is 2.15 bits per heavy atom. The number of carbonyl (C=O) groups is 2. The van der Waals surface area contributed by atoms with Gasteiger partial charge >= 0.3 is 24.1 Å². The van der Waals surface area contributed by atoms with Gasteiger partial charge in [0.2, 0.25) is 0 Å². The number of alkyl carbamates (subject to hydrolysis) is 1. The van der Waals surface area contributed by atoms with E-state index in [2.05, 4.69) is 10.6 Å². The highest BCUT2D eigenvalue weighted by Gasteiger charge is 2.73. The van der Waals surface area contributed by atoms with Crippen LogP contribution in [0.1, 0.15) is 84.8 Å². The van der Waals surface area contributed by atoms with Gasteiger partial charge < -0.3 is 15.4 Å². The van der Waals surface area contributed by atoms with Crippen LogP contribution in [0.5, 0.6) is 0 Å². The molecule has 0 fully saturated rings. The molecule has 1 unspecified atom stereocenters. The highest BCUT2D eigenvalue weighted by Crippen LogP contribution is 2.54. The van der Waals surface area contributed by atoms with Gasteiger partial charge in [0, 0.05) is 16.8 Å². The largest absolute Gasteiger partial charge is 0.444 e. The number of anilines is 1. The van der Waals surface area contributed by atoms with Crippen molar-refractivity contribution in [2.45, 2.75) is 90.0 Å². The zero-order valence-corrected chi connectivity index (χ0v) is 22.7. The lowest BCUT2D eigenvalue weighted by molar-refractivity contribution is -0.348. The van der Waals surface area contributed by atoms with E-state index >= 15 is 0 Å². The average molecular weight is 577 g/mol. The van der Waals surface area contributed by atoms with Gasteiger partial charge in [-0.05, 0) is 93.8 Å². The number of carbonyl (C=O) groups excluding carboxylic acids is 2. The molecular weight excluding hydrogens is 545 g/mol. The first-order valence-electron chi connectivity index (χ1n) is 12.7. The maximum Gasteiger partial charge on any atom is 0.435 e. The van der Waals surface area contributed by atoms with Gasteiger partial charge in [-0.25, -0.2) is 9.18 Å². The van der Waals surface area contributed by atoms with Gasteiger partial charge in [0.15, 0.2) is 0 Å². The molecule has 2 aromatic carbocycles. The van der Waals surface area contributed by atoms with Gasteiger partial charge in [-0.15, -0.1) is 0 Å². The third-order valence-electron chi connectivity index (χ3n) is 6.63.